The molecule has 0 saturated heterocycles. The van der Waals surface area contributed by atoms with Crippen molar-refractivity contribution in [3.63, 3.8) is 0 Å². The smallest absolute Gasteiger partial charge is 0.325 e. The number of hydrogen-bond donors (Lipinski definition) is 0. The number of benzene rings is 1. The van der Waals surface area contributed by atoms with Crippen LogP contribution in [0.5, 0.6) is 11.5 Å². The molecule has 0 aliphatic carbocycles. The second-order valence-electron chi connectivity index (χ2n) is 7.37. The van der Waals surface area contributed by atoms with Gasteiger partial charge in [-0.1, -0.05) is 6.92 Å². The number of aryl methyl sites for hydroxylation is 1. The van der Waals surface area contributed by atoms with Crippen molar-refractivity contribution >= 4 is 28.2 Å². The molecule has 1 aromatic carbocycles. The van der Waals surface area contributed by atoms with Gasteiger partial charge in [0.1, 0.15) is 40.1 Å². The Balaban J connectivity index is 1.30. The normalized spacial score (nSPS) is 11.5. The van der Waals surface area contributed by atoms with E-state index in [1.165, 1.54) is 11.3 Å². The second-order valence-corrected chi connectivity index (χ2v) is 8.23. The van der Waals surface area contributed by atoms with Crippen molar-refractivity contribution < 1.29 is 18.3 Å². The van der Waals surface area contributed by atoms with Gasteiger partial charge >= 0.3 is 5.84 Å². The highest BCUT2D eigenvalue weighted by Crippen LogP contribution is 2.37. The lowest BCUT2D eigenvalue weighted by molar-refractivity contribution is 0.303. The Labute approximate surface area is 196 Å². The minimum atomic E-state index is 0.278. The van der Waals surface area contributed by atoms with Gasteiger partial charge in [0, 0.05) is 36.3 Å². The fourth-order valence-electron chi connectivity index (χ4n) is 3.50. The number of fused-ring (bicyclic) bond motifs is 2. The largest absolute Gasteiger partial charge is 0.496 e. The predicted octanol–water partition coefficient (Wildman–Crippen LogP) is 4.80. The molecule has 5 aromatic heterocycles. The van der Waals surface area contributed by atoms with Crippen molar-refractivity contribution in [1.82, 2.24) is 29.5 Å². The maximum absolute atomic E-state index is 6.13. The molecule has 0 unspecified atom stereocenters. The molecule has 0 spiro atoms. The lowest BCUT2D eigenvalue weighted by atomic mass is 10.2. The molecule has 170 valence electrons. The molecule has 5 heterocycles. The van der Waals surface area contributed by atoms with Gasteiger partial charge in [0.15, 0.2) is 5.76 Å². The predicted molar refractivity (Wildman–Crippen MR) is 124 cm³/mol. The maximum Gasteiger partial charge on any atom is 0.325 e. The van der Waals surface area contributed by atoms with E-state index in [1.807, 2.05) is 30.5 Å². The third-order valence-corrected chi connectivity index (χ3v) is 6.07. The van der Waals surface area contributed by atoms with Gasteiger partial charge in [-0.3, -0.25) is 9.97 Å². The average molecular weight is 475 g/mol. The number of imidazole rings is 1. The Bertz CT molecular complexity index is 1570. The van der Waals surface area contributed by atoms with Gasteiger partial charge in [-0.15, -0.1) is 16.4 Å². The zero-order chi connectivity index (χ0) is 23.1. The first kappa shape index (κ1) is 20.4. The summed E-state index contributed by atoms with van der Waals surface area (Å²) in [6, 6.07) is 5.53. The highest BCUT2D eigenvalue weighted by Gasteiger charge is 2.18. The van der Waals surface area contributed by atoms with Crippen LogP contribution in [0.3, 0.4) is 0 Å². The van der Waals surface area contributed by atoms with Gasteiger partial charge in [-0.2, -0.15) is 9.50 Å². The Kier molecular flexibility index (Phi) is 4.95. The summed E-state index contributed by atoms with van der Waals surface area (Å²) in [6.07, 6.45) is 7.44. The van der Waals surface area contributed by atoms with E-state index in [4.69, 9.17) is 18.3 Å². The number of hydrogen-bond acceptors (Lipinski definition) is 10. The Morgan fingerprint density at radius 3 is 2.82 bits per heavy atom. The van der Waals surface area contributed by atoms with Crippen molar-refractivity contribution in [3.05, 3.63) is 60.0 Å². The maximum atomic E-state index is 6.13. The van der Waals surface area contributed by atoms with E-state index >= 15 is 0 Å². The summed E-state index contributed by atoms with van der Waals surface area (Å²) in [5.41, 5.74) is 2.75. The first-order valence-corrected chi connectivity index (χ1v) is 11.4. The molecule has 0 amide bonds. The Hall–Kier alpha value is -4.25. The number of methoxy groups -OCH3 is 1. The molecule has 0 radical (unpaired) electrons. The van der Waals surface area contributed by atoms with Gasteiger partial charge in [0.05, 0.1) is 30.6 Å². The average Bonchev–Trinajstić information content (AvgIpc) is 3.65. The lowest BCUT2D eigenvalue weighted by Gasteiger charge is -2.07. The molecule has 34 heavy (non-hydrogen) atoms. The summed E-state index contributed by atoms with van der Waals surface area (Å²) in [6.45, 7) is 2.25. The summed E-state index contributed by atoms with van der Waals surface area (Å²) < 4.78 is 24.9. The topological polar surface area (TPSA) is 114 Å². The van der Waals surface area contributed by atoms with E-state index in [0.717, 1.165) is 21.8 Å². The quantitative estimate of drug-likeness (QED) is 0.322. The highest BCUT2D eigenvalue weighted by atomic mass is 32.1. The van der Waals surface area contributed by atoms with Crippen LogP contribution < -0.4 is 9.47 Å². The van der Waals surface area contributed by atoms with Crippen LogP contribution in [0.1, 0.15) is 18.5 Å². The second kappa shape index (κ2) is 8.27. The molecule has 6 rings (SSSR count). The number of aromatic nitrogens is 6. The highest BCUT2D eigenvalue weighted by molar-refractivity contribution is 7.13. The molecule has 0 saturated carbocycles. The van der Waals surface area contributed by atoms with Crippen LogP contribution in [-0.2, 0) is 13.0 Å². The summed E-state index contributed by atoms with van der Waals surface area (Å²) >= 11 is 1.49. The van der Waals surface area contributed by atoms with Gasteiger partial charge in [0.2, 0.25) is 5.89 Å². The van der Waals surface area contributed by atoms with E-state index in [9.17, 15) is 0 Å². The van der Waals surface area contributed by atoms with E-state index < -0.39 is 0 Å². The third kappa shape index (κ3) is 3.65. The number of thiazole rings is 1. The minimum Gasteiger partial charge on any atom is -0.496 e. The SMILES string of the molecule is CCc1nn2cc(-c3cc4c(OCc5csc(-c6cnccn6)n5)cc(OC)cc4o3)nc2o1. The van der Waals surface area contributed by atoms with Crippen LogP contribution in [0.25, 0.3) is 39.0 Å². The number of nitrogens with zero attached hydrogens (tertiary/aromatic N) is 6. The number of rotatable bonds is 7. The molecule has 11 heteroatoms. The summed E-state index contributed by atoms with van der Waals surface area (Å²) in [5, 5.41) is 7.88. The van der Waals surface area contributed by atoms with Gasteiger partial charge in [0.25, 0.3) is 0 Å². The summed E-state index contributed by atoms with van der Waals surface area (Å²) in [5.74, 6) is 2.86. The summed E-state index contributed by atoms with van der Waals surface area (Å²) in [4.78, 5) is 17.5. The Morgan fingerprint density at radius 1 is 1.09 bits per heavy atom. The van der Waals surface area contributed by atoms with Gasteiger partial charge in [-0.05, 0) is 6.07 Å². The zero-order valence-electron chi connectivity index (χ0n) is 18.3. The van der Waals surface area contributed by atoms with Crippen molar-refractivity contribution in [2.45, 2.75) is 20.0 Å². The molecule has 10 nitrogen and oxygen atoms in total. The zero-order valence-corrected chi connectivity index (χ0v) is 19.1. The van der Waals surface area contributed by atoms with Gasteiger partial charge in [-0.25, -0.2) is 4.98 Å². The standard InChI is InChI=1S/C23H18N6O4S/c1-3-21-28-29-10-17(27-23(29)33-21)20-8-15-18(6-14(30-2)7-19(15)32-20)31-11-13-12-34-22(26-13)16-9-24-4-5-25-16/h4-10,12H,3,11H2,1-2H3. The monoisotopic (exact) mass is 474 g/mol. The molecule has 0 aliphatic rings. The summed E-state index contributed by atoms with van der Waals surface area (Å²) in [7, 11) is 1.60. The van der Waals surface area contributed by atoms with Gasteiger partial charge < -0.3 is 18.3 Å². The fraction of sp³-hybridized carbons (Fsp3) is 0.174. The fourth-order valence-corrected chi connectivity index (χ4v) is 4.27. The molecular formula is C23H18N6O4S. The Morgan fingerprint density at radius 2 is 2.03 bits per heavy atom. The number of furan rings is 1. The minimum absolute atomic E-state index is 0.278. The van der Waals surface area contributed by atoms with Crippen LogP contribution in [0.15, 0.2) is 57.2 Å². The van der Waals surface area contributed by atoms with E-state index in [2.05, 4.69) is 25.0 Å². The van der Waals surface area contributed by atoms with E-state index in [1.54, 1.807) is 36.4 Å². The molecule has 0 aliphatic heterocycles. The van der Waals surface area contributed by atoms with Crippen LogP contribution in [0, 0.1) is 0 Å². The first-order valence-electron chi connectivity index (χ1n) is 10.5. The van der Waals surface area contributed by atoms with Crippen LogP contribution >= 0.6 is 11.3 Å². The number of ether oxygens (including phenoxy) is 2. The van der Waals surface area contributed by atoms with Crippen LogP contribution in [-0.4, -0.2) is 36.7 Å². The molecule has 0 atom stereocenters. The molecular weight excluding hydrogens is 456 g/mol. The lowest BCUT2D eigenvalue weighted by Crippen LogP contribution is -1.97. The van der Waals surface area contributed by atoms with Crippen molar-refractivity contribution in [3.8, 4) is 33.7 Å². The molecule has 0 fully saturated rings. The van der Waals surface area contributed by atoms with Crippen molar-refractivity contribution in [1.29, 1.82) is 0 Å². The van der Waals surface area contributed by atoms with Crippen molar-refractivity contribution in [2.24, 2.45) is 0 Å². The molecule has 6 aromatic rings. The van der Waals surface area contributed by atoms with Crippen molar-refractivity contribution in [2.75, 3.05) is 7.11 Å². The van der Waals surface area contributed by atoms with Crippen LogP contribution in [0.4, 0.5) is 0 Å². The van der Waals surface area contributed by atoms with E-state index in [0.29, 0.717) is 46.7 Å². The van der Waals surface area contributed by atoms with Crippen LogP contribution in [0.2, 0.25) is 0 Å². The molecule has 0 bridgehead atoms. The first-order chi connectivity index (χ1) is 16.7. The van der Waals surface area contributed by atoms with E-state index in [-0.39, 0.29) is 6.61 Å². The molecule has 0 N–H and O–H groups in total. The third-order valence-electron chi connectivity index (χ3n) is 5.16.